The monoisotopic (exact) mass is 433 g/mol. The first-order chi connectivity index (χ1) is 15.8. The van der Waals surface area contributed by atoms with Gasteiger partial charge in [-0.15, -0.1) is 0 Å². The van der Waals surface area contributed by atoms with Crippen LogP contribution in [0.4, 0.5) is 11.6 Å². The lowest BCUT2D eigenvalue weighted by Crippen LogP contribution is -2.20. The summed E-state index contributed by atoms with van der Waals surface area (Å²) in [4.78, 5) is 22.7. The van der Waals surface area contributed by atoms with Crippen molar-refractivity contribution >= 4 is 17.6 Å². The van der Waals surface area contributed by atoms with E-state index in [9.17, 15) is 4.79 Å². The highest BCUT2D eigenvalue weighted by molar-refractivity contribution is 5.69. The first-order valence-electron chi connectivity index (χ1n) is 11.2. The highest BCUT2D eigenvalue weighted by Gasteiger charge is 2.12. The average Bonchev–Trinajstić information content (AvgIpc) is 2.84. The van der Waals surface area contributed by atoms with Crippen LogP contribution in [0, 0.1) is 0 Å². The molecule has 3 rings (SSSR count). The van der Waals surface area contributed by atoms with Crippen molar-refractivity contribution in [2.75, 3.05) is 18.1 Å². The van der Waals surface area contributed by atoms with Crippen molar-refractivity contribution in [1.82, 2.24) is 9.97 Å². The molecule has 0 N–H and O–H groups in total. The molecule has 168 valence electrons. The van der Waals surface area contributed by atoms with Crippen LogP contribution in [-0.2, 0) is 16.1 Å². The van der Waals surface area contributed by atoms with E-state index in [0.29, 0.717) is 19.6 Å². The van der Waals surface area contributed by atoms with Crippen molar-refractivity contribution in [3.05, 3.63) is 78.6 Å². The summed E-state index contributed by atoms with van der Waals surface area (Å²) < 4.78 is 10.8. The molecule has 32 heavy (non-hydrogen) atoms. The van der Waals surface area contributed by atoms with Gasteiger partial charge in [0, 0.05) is 19.2 Å². The van der Waals surface area contributed by atoms with E-state index in [1.807, 2.05) is 67.6 Å². The number of esters is 1. The molecule has 0 aliphatic carbocycles. The van der Waals surface area contributed by atoms with E-state index < -0.39 is 0 Å². The minimum Gasteiger partial charge on any atom is -0.487 e. The van der Waals surface area contributed by atoms with Gasteiger partial charge in [0.25, 0.3) is 0 Å². The Morgan fingerprint density at radius 2 is 1.66 bits per heavy atom. The minimum absolute atomic E-state index is 0.110. The number of hydrogen-bond donors (Lipinski definition) is 0. The summed E-state index contributed by atoms with van der Waals surface area (Å²) in [6, 6.07) is 19.9. The molecule has 6 heteroatoms. The van der Waals surface area contributed by atoms with Gasteiger partial charge in [0.1, 0.15) is 24.0 Å². The lowest BCUT2D eigenvalue weighted by Gasteiger charge is -2.23. The molecule has 0 spiro atoms. The third-order valence-electron chi connectivity index (χ3n) is 4.99. The molecule has 0 atom stereocenters. The molecule has 6 nitrogen and oxygen atoms in total. The molecule has 1 aromatic carbocycles. The number of benzene rings is 1. The number of carbonyl (C=O) groups is 1. The molecule has 0 aliphatic heterocycles. The molecular formula is C26H31N3O3. The zero-order valence-corrected chi connectivity index (χ0v) is 18.7. The molecule has 0 amide bonds. The largest absolute Gasteiger partial charge is 0.487 e. The van der Waals surface area contributed by atoms with E-state index in [-0.39, 0.29) is 5.97 Å². The number of ether oxygens (including phenoxy) is 2. The van der Waals surface area contributed by atoms with Gasteiger partial charge in [-0.05, 0) is 49.6 Å². The van der Waals surface area contributed by atoms with E-state index in [1.54, 1.807) is 12.4 Å². The van der Waals surface area contributed by atoms with Crippen LogP contribution in [0.5, 0.6) is 5.75 Å². The zero-order chi connectivity index (χ0) is 22.4. The molecule has 0 bridgehead atoms. The summed E-state index contributed by atoms with van der Waals surface area (Å²) in [6.45, 7) is 3.59. The van der Waals surface area contributed by atoms with Gasteiger partial charge >= 0.3 is 5.97 Å². The molecule has 0 radical (unpaired) electrons. The van der Waals surface area contributed by atoms with E-state index in [4.69, 9.17) is 9.47 Å². The third kappa shape index (κ3) is 7.69. The second kappa shape index (κ2) is 13.1. The second-order valence-electron chi connectivity index (χ2n) is 7.44. The van der Waals surface area contributed by atoms with Crippen molar-refractivity contribution in [2.24, 2.45) is 0 Å². The fourth-order valence-corrected chi connectivity index (χ4v) is 3.34. The molecule has 0 fully saturated rings. The lowest BCUT2D eigenvalue weighted by molar-refractivity contribution is -0.143. The summed E-state index contributed by atoms with van der Waals surface area (Å²) >= 11 is 0. The van der Waals surface area contributed by atoms with Gasteiger partial charge in [0.05, 0.1) is 12.8 Å². The van der Waals surface area contributed by atoms with Crippen LogP contribution in [0.25, 0.3) is 0 Å². The Hall–Kier alpha value is -3.41. The van der Waals surface area contributed by atoms with Crippen molar-refractivity contribution in [1.29, 1.82) is 0 Å². The van der Waals surface area contributed by atoms with Crippen LogP contribution in [-0.4, -0.2) is 29.1 Å². The Balaban J connectivity index is 1.54. The van der Waals surface area contributed by atoms with Crippen molar-refractivity contribution in [3.8, 4) is 5.75 Å². The number of hydrogen-bond acceptors (Lipinski definition) is 6. The van der Waals surface area contributed by atoms with Crippen LogP contribution in [0.15, 0.2) is 73.1 Å². The molecule has 0 saturated heterocycles. The molecular weight excluding hydrogens is 402 g/mol. The third-order valence-corrected chi connectivity index (χ3v) is 4.99. The number of nitrogens with zero attached hydrogens (tertiary/aromatic N) is 3. The van der Waals surface area contributed by atoms with Crippen LogP contribution in [0.2, 0.25) is 0 Å². The summed E-state index contributed by atoms with van der Waals surface area (Å²) in [7, 11) is 0. The smallest absolute Gasteiger partial charge is 0.305 e. The minimum atomic E-state index is -0.110. The quantitative estimate of drug-likeness (QED) is 0.254. The molecule has 3 aromatic rings. The number of unbranched alkanes of at least 4 members (excludes halogenated alkanes) is 3. The highest BCUT2D eigenvalue weighted by atomic mass is 16.5. The van der Waals surface area contributed by atoms with Crippen molar-refractivity contribution < 1.29 is 14.3 Å². The number of pyridine rings is 2. The summed E-state index contributed by atoms with van der Waals surface area (Å²) in [5.41, 5.74) is 1.12. The molecule has 0 aliphatic rings. The van der Waals surface area contributed by atoms with E-state index in [0.717, 1.165) is 55.2 Å². The van der Waals surface area contributed by atoms with Gasteiger partial charge in [-0.1, -0.05) is 49.2 Å². The maximum Gasteiger partial charge on any atom is 0.305 e. The van der Waals surface area contributed by atoms with E-state index in [2.05, 4.69) is 14.9 Å². The molecule has 0 saturated carbocycles. The van der Waals surface area contributed by atoms with E-state index >= 15 is 0 Å². The SMILES string of the molecule is CCOC(=O)CCCCCCN(c1ccccn1)c1ccc(OCc2ccccc2)cn1. The van der Waals surface area contributed by atoms with Crippen LogP contribution < -0.4 is 9.64 Å². The van der Waals surface area contributed by atoms with Crippen molar-refractivity contribution in [3.63, 3.8) is 0 Å². The average molecular weight is 434 g/mol. The Morgan fingerprint density at radius 1 is 0.875 bits per heavy atom. The van der Waals surface area contributed by atoms with Gasteiger partial charge in [0.15, 0.2) is 0 Å². The standard InChI is InChI=1S/C26H31N3O3/c1-2-31-26(30)15-8-3-4-11-19-29(24-14-9-10-18-27-24)25-17-16-23(20-28-25)32-21-22-12-6-5-7-13-22/h5-7,9-10,12-14,16-18,20H,2-4,8,11,15,19,21H2,1H3. The Labute approximate surface area is 190 Å². The summed E-state index contributed by atoms with van der Waals surface area (Å²) in [5, 5.41) is 0. The number of rotatable bonds is 13. The van der Waals surface area contributed by atoms with E-state index in [1.165, 1.54) is 0 Å². The summed E-state index contributed by atoms with van der Waals surface area (Å²) in [6.07, 6.45) is 7.90. The van der Waals surface area contributed by atoms with Crippen molar-refractivity contribution in [2.45, 2.75) is 45.6 Å². The normalized spacial score (nSPS) is 10.5. The topological polar surface area (TPSA) is 64.5 Å². The number of carbonyl (C=O) groups excluding carboxylic acids is 1. The molecule has 2 heterocycles. The predicted octanol–water partition coefficient (Wildman–Crippen LogP) is 5.71. The van der Waals surface area contributed by atoms with Crippen LogP contribution >= 0.6 is 0 Å². The van der Waals surface area contributed by atoms with Crippen LogP contribution in [0.3, 0.4) is 0 Å². The fraction of sp³-hybridized carbons (Fsp3) is 0.346. The highest BCUT2D eigenvalue weighted by Crippen LogP contribution is 2.24. The lowest BCUT2D eigenvalue weighted by atomic mass is 10.1. The molecule has 0 unspecified atom stereocenters. The number of aromatic nitrogens is 2. The van der Waals surface area contributed by atoms with Gasteiger partial charge in [-0.3, -0.25) is 4.79 Å². The Bertz CT molecular complexity index is 918. The molecule has 2 aromatic heterocycles. The predicted molar refractivity (Wildman–Crippen MR) is 126 cm³/mol. The second-order valence-corrected chi connectivity index (χ2v) is 7.44. The van der Waals surface area contributed by atoms with Gasteiger partial charge < -0.3 is 14.4 Å². The summed E-state index contributed by atoms with van der Waals surface area (Å²) in [5.74, 6) is 2.32. The van der Waals surface area contributed by atoms with Gasteiger partial charge in [-0.25, -0.2) is 9.97 Å². The van der Waals surface area contributed by atoms with Gasteiger partial charge in [0.2, 0.25) is 0 Å². The fourth-order valence-electron chi connectivity index (χ4n) is 3.34. The Kier molecular flexibility index (Phi) is 9.52. The number of anilines is 2. The maximum absolute atomic E-state index is 11.5. The first kappa shape index (κ1) is 23.3. The zero-order valence-electron chi connectivity index (χ0n) is 18.7. The first-order valence-corrected chi connectivity index (χ1v) is 11.2. The maximum atomic E-state index is 11.5. The van der Waals surface area contributed by atoms with Gasteiger partial charge in [-0.2, -0.15) is 0 Å². The Morgan fingerprint density at radius 3 is 2.38 bits per heavy atom. The van der Waals surface area contributed by atoms with Crippen LogP contribution in [0.1, 0.15) is 44.6 Å².